The molecule has 2 aromatic heterocycles. The molecule has 0 aliphatic heterocycles. The summed E-state index contributed by atoms with van der Waals surface area (Å²) < 4.78 is 1.79. The number of nitrogens with zero attached hydrogens (tertiary/aromatic N) is 2. The van der Waals surface area contributed by atoms with Gasteiger partial charge in [0.15, 0.2) is 5.43 Å². The molecule has 2 aromatic carbocycles. The zero-order chi connectivity index (χ0) is 15.4. The zero-order valence-corrected chi connectivity index (χ0v) is 12.2. The highest BCUT2D eigenvalue weighted by Crippen LogP contribution is 2.30. The summed E-state index contributed by atoms with van der Waals surface area (Å²) in [5.41, 5.74) is 2.83. The van der Waals surface area contributed by atoms with Crippen LogP contribution in [0.3, 0.4) is 0 Å². The van der Waals surface area contributed by atoms with Gasteiger partial charge in [0.1, 0.15) is 0 Å². The maximum Gasteiger partial charge on any atom is 0.221 e. The first-order valence-electron chi connectivity index (χ1n) is 7.02. The van der Waals surface area contributed by atoms with Gasteiger partial charge < -0.3 is 5.32 Å². The molecule has 4 rings (SSSR count). The minimum Gasteiger partial charge on any atom is -0.326 e. The van der Waals surface area contributed by atoms with Crippen LogP contribution in [0.25, 0.3) is 27.2 Å². The molecule has 108 valence electrons. The third-order valence-corrected chi connectivity index (χ3v) is 3.94. The fraction of sp³-hybridized carbons (Fsp3) is 0.118. The van der Waals surface area contributed by atoms with Crippen LogP contribution in [0.4, 0.5) is 5.69 Å². The van der Waals surface area contributed by atoms with Gasteiger partial charge in [0.2, 0.25) is 5.91 Å². The van der Waals surface area contributed by atoms with E-state index in [4.69, 9.17) is 0 Å². The summed E-state index contributed by atoms with van der Waals surface area (Å²) in [5.74, 6) is -0.204. The van der Waals surface area contributed by atoms with E-state index < -0.39 is 0 Å². The molecule has 0 unspecified atom stereocenters. The number of carbonyl (C=O) groups excluding carboxylic acids is 1. The highest BCUT2D eigenvalue weighted by molar-refractivity contribution is 6.11. The van der Waals surface area contributed by atoms with E-state index in [1.165, 1.54) is 6.92 Å². The summed E-state index contributed by atoms with van der Waals surface area (Å²) in [4.78, 5) is 24.3. The van der Waals surface area contributed by atoms with Crippen molar-refractivity contribution in [2.45, 2.75) is 13.8 Å². The summed E-state index contributed by atoms with van der Waals surface area (Å²) in [5, 5.41) is 9.34. The van der Waals surface area contributed by atoms with Gasteiger partial charge in [0.25, 0.3) is 0 Å². The van der Waals surface area contributed by atoms with Gasteiger partial charge in [-0.15, -0.1) is 0 Å². The van der Waals surface area contributed by atoms with Crippen molar-refractivity contribution < 1.29 is 4.79 Å². The van der Waals surface area contributed by atoms with E-state index in [0.717, 1.165) is 22.1 Å². The molecule has 0 atom stereocenters. The Morgan fingerprint density at radius 2 is 1.91 bits per heavy atom. The van der Waals surface area contributed by atoms with Gasteiger partial charge in [-0.2, -0.15) is 5.10 Å². The largest absolute Gasteiger partial charge is 0.326 e. The number of pyridine rings is 1. The fourth-order valence-corrected chi connectivity index (χ4v) is 3.04. The number of benzene rings is 2. The van der Waals surface area contributed by atoms with Crippen LogP contribution in [0.1, 0.15) is 12.6 Å². The molecule has 0 radical (unpaired) electrons. The second kappa shape index (κ2) is 4.27. The van der Waals surface area contributed by atoms with Crippen molar-refractivity contribution in [2.24, 2.45) is 0 Å². The molecule has 0 aliphatic carbocycles. The van der Waals surface area contributed by atoms with E-state index in [2.05, 4.69) is 10.4 Å². The minimum absolute atomic E-state index is 0.0858. The number of hydrogen-bond donors (Lipinski definition) is 1. The van der Waals surface area contributed by atoms with Crippen molar-refractivity contribution in [3.8, 4) is 0 Å². The Labute approximate surface area is 125 Å². The van der Waals surface area contributed by atoms with Crippen LogP contribution in [-0.2, 0) is 4.79 Å². The first-order chi connectivity index (χ1) is 10.6. The maximum atomic E-state index is 12.9. The predicted molar refractivity (Wildman–Crippen MR) is 86.7 cm³/mol. The molecule has 0 fully saturated rings. The third-order valence-electron chi connectivity index (χ3n) is 3.94. The summed E-state index contributed by atoms with van der Waals surface area (Å²) in [6.07, 6.45) is 0. The SMILES string of the molecule is CC(=O)Nc1ccc2c(C)nn3c4ccccc4c(=O)c1c23. The zero-order valence-electron chi connectivity index (χ0n) is 12.2. The number of hydrogen-bond acceptors (Lipinski definition) is 3. The average molecular weight is 291 g/mol. The Morgan fingerprint density at radius 3 is 2.68 bits per heavy atom. The van der Waals surface area contributed by atoms with E-state index in [0.29, 0.717) is 16.5 Å². The van der Waals surface area contributed by atoms with E-state index in [-0.39, 0.29) is 11.3 Å². The molecule has 2 heterocycles. The quantitative estimate of drug-likeness (QED) is 0.548. The molecule has 4 aromatic rings. The lowest BCUT2D eigenvalue weighted by Crippen LogP contribution is -2.12. The summed E-state index contributed by atoms with van der Waals surface area (Å²) in [6.45, 7) is 3.35. The van der Waals surface area contributed by atoms with Gasteiger partial charge in [-0.1, -0.05) is 12.1 Å². The highest BCUT2D eigenvalue weighted by Gasteiger charge is 2.18. The number of carbonyl (C=O) groups is 1. The molecule has 0 aliphatic rings. The van der Waals surface area contributed by atoms with Crippen molar-refractivity contribution in [3.05, 3.63) is 52.3 Å². The Morgan fingerprint density at radius 1 is 1.14 bits per heavy atom. The van der Waals surface area contributed by atoms with Gasteiger partial charge in [0.05, 0.1) is 27.8 Å². The predicted octanol–water partition coefficient (Wildman–Crippen LogP) is 2.71. The number of aryl methyl sites for hydroxylation is 1. The van der Waals surface area contributed by atoms with E-state index in [9.17, 15) is 9.59 Å². The van der Waals surface area contributed by atoms with E-state index in [1.54, 1.807) is 16.6 Å². The summed E-state index contributed by atoms with van der Waals surface area (Å²) in [7, 11) is 0. The first kappa shape index (κ1) is 12.8. The Bertz CT molecular complexity index is 1110. The molecular weight excluding hydrogens is 278 g/mol. The second-order valence-electron chi connectivity index (χ2n) is 5.41. The lowest BCUT2D eigenvalue weighted by molar-refractivity contribution is -0.114. The summed E-state index contributed by atoms with van der Waals surface area (Å²) in [6, 6.07) is 11.0. The Hall–Kier alpha value is -2.95. The van der Waals surface area contributed by atoms with Crippen LogP contribution in [0.15, 0.2) is 41.2 Å². The molecule has 0 saturated carbocycles. The van der Waals surface area contributed by atoms with Crippen LogP contribution in [0, 0.1) is 6.92 Å². The van der Waals surface area contributed by atoms with Crippen molar-refractivity contribution in [3.63, 3.8) is 0 Å². The van der Waals surface area contributed by atoms with Crippen LogP contribution in [0.5, 0.6) is 0 Å². The lowest BCUT2D eigenvalue weighted by atomic mass is 10.1. The number of aromatic nitrogens is 2. The van der Waals surface area contributed by atoms with Crippen molar-refractivity contribution >= 4 is 38.8 Å². The van der Waals surface area contributed by atoms with E-state index in [1.807, 2.05) is 31.2 Å². The second-order valence-corrected chi connectivity index (χ2v) is 5.41. The number of nitrogens with one attached hydrogen (secondary N) is 1. The summed E-state index contributed by atoms with van der Waals surface area (Å²) >= 11 is 0. The molecule has 0 bridgehead atoms. The standard InChI is InChI=1S/C17H13N3O2/c1-9-11-7-8-13(18-10(2)21)15-16(11)20(19-9)14-6-4-3-5-12(14)17(15)22/h3-8H,1-2H3,(H,18,21). The van der Waals surface area contributed by atoms with Gasteiger partial charge in [-0.25, -0.2) is 4.52 Å². The van der Waals surface area contributed by atoms with Crippen LogP contribution < -0.4 is 10.7 Å². The van der Waals surface area contributed by atoms with Crippen molar-refractivity contribution in [1.29, 1.82) is 0 Å². The highest BCUT2D eigenvalue weighted by atomic mass is 16.1. The normalized spacial score (nSPS) is 11.5. The van der Waals surface area contributed by atoms with Crippen molar-refractivity contribution in [1.82, 2.24) is 9.61 Å². The molecule has 1 N–H and O–H groups in total. The van der Waals surface area contributed by atoms with Crippen LogP contribution in [-0.4, -0.2) is 15.5 Å². The molecule has 5 nitrogen and oxygen atoms in total. The molecular formula is C17H13N3O2. The molecule has 0 spiro atoms. The lowest BCUT2D eigenvalue weighted by Gasteiger charge is -2.09. The molecule has 22 heavy (non-hydrogen) atoms. The number of amides is 1. The first-order valence-corrected chi connectivity index (χ1v) is 7.02. The topological polar surface area (TPSA) is 63.5 Å². The minimum atomic E-state index is -0.204. The fourth-order valence-electron chi connectivity index (χ4n) is 3.04. The van der Waals surface area contributed by atoms with Crippen LogP contribution in [0.2, 0.25) is 0 Å². The molecule has 1 amide bonds. The third kappa shape index (κ3) is 1.56. The Kier molecular flexibility index (Phi) is 2.48. The Balaban J connectivity index is 2.33. The van der Waals surface area contributed by atoms with Crippen LogP contribution >= 0.6 is 0 Å². The van der Waals surface area contributed by atoms with Crippen molar-refractivity contribution in [2.75, 3.05) is 5.32 Å². The molecule has 0 saturated heterocycles. The number of fused-ring (bicyclic) bond motifs is 2. The maximum absolute atomic E-state index is 12.9. The number of para-hydroxylation sites is 1. The van der Waals surface area contributed by atoms with Gasteiger partial charge in [-0.05, 0) is 31.2 Å². The molecule has 5 heteroatoms. The number of anilines is 1. The number of rotatable bonds is 1. The average Bonchev–Trinajstić information content (AvgIpc) is 2.83. The van der Waals surface area contributed by atoms with Gasteiger partial charge in [-0.3, -0.25) is 9.59 Å². The monoisotopic (exact) mass is 291 g/mol. The van der Waals surface area contributed by atoms with Gasteiger partial charge >= 0.3 is 0 Å². The van der Waals surface area contributed by atoms with E-state index >= 15 is 0 Å². The van der Waals surface area contributed by atoms with Gasteiger partial charge in [0, 0.05) is 17.7 Å². The smallest absolute Gasteiger partial charge is 0.221 e.